The Balaban J connectivity index is 1.58. The average Bonchev–Trinajstić information content (AvgIpc) is 2.73. The Bertz CT molecular complexity index is 1100. The summed E-state index contributed by atoms with van der Waals surface area (Å²) in [6, 6.07) is 18.2. The quantitative estimate of drug-likeness (QED) is 0.195. The Morgan fingerprint density at radius 2 is 1.93 bits per heavy atom. The zero-order chi connectivity index (χ0) is 21.5. The highest BCUT2D eigenvalue weighted by Gasteiger charge is 2.08. The molecule has 0 aliphatic heterocycles. The van der Waals surface area contributed by atoms with Crippen LogP contribution in [-0.4, -0.2) is 17.0 Å². The lowest BCUT2D eigenvalue weighted by atomic mass is 10.2. The molecule has 3 rings (SSSR count). The molecule has 0 fully saturated rings. The highest BCUT2D eigenvalue weighted by molar-refractivity contribution is 14.1. The third kappa shape index (κ3) is 6.01. The number of amides is 1. The van der Waals surface area contributed by atoms with Crippen molar-refractivity contribution in [1.29, 1.82) is 0 Å². The van der Waals surface area contributed by atoms with Crippen LogP contribution in [0.15, 0.2) is 71.8 Å². The van der Waals surface area contributed by atoms with E-state index in [0.29, 0.717) is 21.9 Å². The van der Waals surface area contributed by atoms with Crippen LogP contribution in [0.25, 0.3) is 0 Å². The lowest BCUT2D eigenvalue weighted by Gasteiger charge is -2.09. The molecule has 0 aliphatic carbocycles. The molecule has 7 nitrogen and oxygen atoms in total. The number of nitrogens with one attached hydrogen (secondary N) is 1. The summed E-state index contributed by atoms with van der Waals surface area (Å²) >= 11 is 7.93. The van der Waals surface area contributed by atoms with Gasteiger partial charge in [-0.25, -0.2) is 5.43 Å². The van der Waals surface area contributed by atoms with Crippen LogP contribution in [0.2, 0.25) is 5.02 Å². The van der Waals surface area contributed by atoms with Crippen LogP contribution < -0.4 is 10.2 Å². The zero-order valence-electron chi connectivity index (χ0n) is 15.4. The summed E-state index contributed by atoms with van der Waals surface area (Å²) in [6.07, 6.45) is 1.53. The van der Waals surface area contributed by atoms with Gasteiger partial charge in [-0.2, -0.15) is 5.10 Å². The molecule has 30 heavy (non-hydrogen) atoms. The molecule has 0 bridgehead atoms. The SMILES string of the molecule is O=C(N/N=C\c1ccc(OCc2cccc([N+](=O)[O-])c2)c(I)c1)c1ccc(Cl)cc1. The number of carbonyl (C=O) groups is 1. The van der Waals surface area contributed by atoms with Crippen molar-refractivity contribution in [3.63, 3.8) is 0 Å². The summed E-state index contributed by atoms with van der Waals surface area (Å²) in [6.45, 7) is 0.211. The van der Waals surface area contributed by atoms with Gasteiger partial charge >= 0.3 is 0 Å². The first-order valence-corrected chi connectivity index (χ1v) is 10.1. The van der Waals surface area contributed by atoms with E-state index in [1.165, 1.54) is 18.3 Å². The molecule has 0 unspecified atom stereocenters. The number of halogens is 2. The maximum Gasteiger partial charge on any atom is 0.271 e. The largest absolute Gasteiger partial charge is 0.488 e. The highest BCUT2D eigenvalue weighted by atomic mass is 127. The van der Waals surface area contributed by atoms with E-state index in [0.717, 1.165) is 9.13 Å². The molecule has 0 spiro atoms. The van der Waals surface area contributed by atoms with Crippen molar-refractivity contribution in [3.05, 3.63) is 102 Å². The van der Waals surface area contributed by atoms with Crippen LogP contribution in [0.1, 0.15) is 21.5 Å². The Kier molecular flexibility index (Phi) is 7.36. The second kappa shape index (κ2) is 10.2. The number of nitrogens with zero attached hydrogens (tertiary/aromatic N) is 2. The minimum atomic E-state index is -0.437. The Labute approximate surface area is 191 Å². The summed E-state index contributed by atoms with van der Waals surface area (Å²) < 4.78 is 6.61. The fourth-order valence-electron chi connectivity index (χ4n) is 2.47. The third-order valence-corrected chi connectivity index (χ3v) is 5.05. The number of carbonyl (C=O) groups excluding carboxylic acids is 1. The first-order chi connectivity index (χ1) is 14.4. The Hall–Kier alpha value is -2.98. The summed E-state index contributed by atoms with van der Waals surface area (Å²) in [4.78, 5) is 22.4. The molecule has 0 saturated heterocycles. The maximum atomic E-state index is 12.0. The lowest BCUT2D eigenvalue weighted by Crippen LogP contribution is -2.17. The fraction of sp³-hybridized carbons (Fsp3) is 0.0476. The van der Waals surface area contributed by atoms with Gasteiger partial charge < -0.3 is 4.74 Å². The summed E-state index contributed by atoms with van der Waals surface area (Å²) in [5.41, 5.74) is 4.42. The number of ether oxygens (including phenoxy) is 1. The molecule has 0 aliphatic rings. The van der Waals surface area contributed by atoms with Gasteiger partial charge in [0, 0.05) is 22.7 Å². The number of rotatable bonds is 7. The number of nitro benzene ring substituents is 1. The van der Waals surface area contributed by atoms with E-state index in [1.54, 1.807) is 48.5 Å². The van der Waals surface area contributed by atoms with Crippen LogP contribution in [0, 0.1) is 13.7 Å². The fourth-order valence-corrected chi connectivity index (χ4v) is 3.29. The van der Waals surface area contributed by atoms with Gasteiger partial charge in [0.2, 0.25) is 0 Å². The molecule has 0 radical (unpaired) electrons. The smallest absolute Gasteiger partial charge is 0.271 e. The summed E-state index contributed by atoms with van der Waals surface area (Å²) in [7, 11) is 0. The monoisotopic (exact) mass is 535 g/mol. The molecule has 1 N–H and O–H groups in total. The molecule has 0 heterocycles. The normalized spacial score (nSPS) is 10.7. The minimum Gasteiger partial charge on any atom is -0.488 e. The molecular weight excluding hydrogens is 521 g/mol. The summed E-state index contributed by atoms with van der Waals surface area (Å²) in [5.74, 6) is 0.305. The second-order valence-electron chi connectivity index (χ2n) is 6.11. The minimum absolute atomic E-state index is 0.0259. The number of non-ortho nitro benzene ring substituents is 1. The van der Waals surface area contributed by atoms with Crippen molar-refractivity contribution in [1.82, 2.24) is 5.43 Å². The van der Waals surface area contributed by atoms with E-state index in [2.05, 4.69) is 33.1 Å². The van der Waals surface area contributed by atoms with E-state index < -0.39 is 4.92 Å². The Morgan fingerprint density at radius 3 is 2.63 bits per heavy atom. The molecule has 3 aromatic rings. The van der Waals surface area contributed by atoms with E-state index in [9.17, 15) is 14.9 Å². The molecule has 1 amide bonds. The van der Waals surface area contributed by atoms with Crippen molar-refractivity contribution >= 4 is 52.0 Å². The predicted molar refractivity (Wildman–Crippen MR) is 123 cm³/mol. The van der Waals surface area contributed by atoms with E-state index >= 15 is 0 Å². The standard InChI is InChI=1S/C21H15ClIN3O4/c22-17-7-5-16(6-8-17)21(27)25-24-12-14-4-9-20(19(23)11-14)30-13-15-2-1-3-18(10-15)26(28)29/h1-12H,13H2,(H,25,27)/b24-12-. The van der Waals surface area contributed by atoms with Crippen LogP contribution in [-0.2, 0) is 6.61 Å². The molecular formula is C21H15ClIN3O4. The zero-order valence-corrected chi connectivity index (χ0v) is 18.3. The van der Waals surface area contributed by atoms with Gasteiger partial charge in [-0.05, 0) is 76.2 Å². The molecule has 9 heteroatoms. The molecule has 0 aromatic heterocycles. The lowest BCUT2D eigenvalue weighted by molar-refractivity contribution is -0.384. The molecule has 0 saturated carbocycles. The topological polar surface area (TPSA) is 93.8 Å². The van der Waals surface area contributed by atoms with Gasteiger partial charge in [0.15, 0.2) is 0 Å². The molecule has 3 aromatic carbocycles. The predicted octanol–water partition coefficient (Wildman–Crippen LogP) is 5.20. The number of nitro groups is 1. The van der Waals surface area contributed by atoms with E-state index in [-0.39, 0.29) is 18.2 Å². The van der Waals surface area contributed by atoms with Crippen LogP contribution in [0.3, 0.4) is 0 Å². The van der Waals surface area contributed by atoms with Crippen LogP contribution in [0.5, 0.6) is 5.75 Å². The maximum absolute atomic E-state index is 12.0. The average molecular weight is 536 g/mol. The van der Waals surface area contributed by atoms with Crippen molar-refractivity contribution in [2.24, 2.45) is 5.10 Å². The van der Waals surface area contributed by atoms with E-state index in [4.69, 9.17) is 16.3 Å². The number of benzene rings is 3. The molecule has 0 atom stereocenters. The third-order valence-electron chi connectivity index (χ3n) is 3.96. The van der Waals surface area contributed by atoms with E-state index in [1.807, 2.05) is 6.07 Å². The van der Waals surface area contributed by atoms with Gasteiger partial charge in [0.05, 0.1) is 14.7 Å². The van der Waals surface area contributed by atoms with Crippen molar-refractivity contribution in [2.75, 3.05) is 0 Å². The van der Waals surface area contributed by atoms with Crippen LogP contribution in [0.4, 0.5) is 5.69 Å². The number of hydrogen-bond donors (Lipinski definition) is 1. The van der Waals surface area contributed by atoms with Gasteiger partial charge in [-0.3, -0.25) is 14.9 Å². The van der Waals surface area contributed by atoms with Crippen molar-refractivity contribution in [3.8, 4) is 5.75 Å². The number of hydrazone groups is 1. The second-order valence-corrected chi connectivity index (χ2v) is 7.71. The first-order valence-electron chi connectivity index (χ1n) is 8.67. The van der Waals surface area contributed by atoms with Gasteiger partial charge in [0.1, 0.15) is 12.4 Å². The Morgan fingerprint density at radius 1 is 1.17 bits per heavy atom. The first kappa shape index (κ1) is 21.7. The highest BCUT2D eigenvalue weighted by Crippen LogP contribution is 2.23. The van der Waals surface area contributed by atoms with Gasteiger partial charge in [-0.15, -0.1) is 0 Å². The van der Waals surface area contributed by atoms with Gasteiger partial charge in [-0.1, -0.05) is 23.7 Å². The van der Waals surface area contributed by atoms with Gasteiger partial charge in [0.25, 0.3) is 11.6 Å². The van der Waals surface area contributed by atoms with Crippen molar-refractivity contribution < 1.29 is 14.5 Å². The summed E-state index contributed by atoms with van der Waals surface area (Å²) in [5, 5.41) is 15.4. The van der Waals surface area contributed by atoms with Crippen molar-refractivity contribution in [2.45, 2.75) is 6.61 Å². The van der Waals surface area contributed by atoms with Crippen LogP contribution >= 0.6 is 34.2 Å². The molecule has 152 valence electrons. The number of hydrogen-bond acceptors (Lipinski definition) is 5.